The molecule has 0 spiro atoms. The van der Waals surface area contributed by atoms with Gasteiger partial charge < -0.3 is 10.2 Å². The monoisotopic (exact) mass is 599 g/mol. The number of para-hydroxylation sites is 1. The van der Waals surface area contributed by atoms with Crippen molar-refractivity contribution in [2.24, 2.45) is 0 Å². The summed E-state index contributed by atoms with van der Waals surface area (Å²) in [5, 5.41) is 4.04. The van der Waals surface area contributed by atoms with Gasteiger partial charge in [0.15, 0.2) is 5.13 Å². The number of anilines is 2. The van der Waals surface area contributed by atoms with Crippen LogP contribution in [-0.2, 0) is 16.4 Å². The molecule has 0 saturated carbocycles. The summed E-state index contributed by atoms with van der Waals surface area (Å²) in [5.74, 6) is -0.213. The Balaban J connectivity index is 0.00000370. The van der Waals surface area contributed by atoms with E-state index >= 15 is 0 Å². The Labute approximate surface area is 246 Å². The van der Waals surface area contributed by atoms with E-state index in [4.69, 9.17) is 4.98 Å². The highest BCUT2D eigenvalue weighted by Gasteiger charge is 2.22. The lowest BCUT2D eigenvalue weighted by atomic mass is 10.2. The van der Waals surface area contributed by atoms with Crippen LogP contribution >= 0.6 is 23.7 Å². The molecule has 1 fully saturated rings. The van der Waals surface area contributed by atoms with Gasteiger partial charge in [0.2, 0.25) is 0 Å². The van der Waals surface area contributed by atoms with E-state index in [1.165, 1.54) is 33.7 Å². The first-order valence-electron chi connectivity index (χ1n) is 13.1. The summed E-state index contributed by atoms with van der Waals surface area (Å²) in [4.78, 5) is 22.3. The summed E-state index contributed by atoms with van der Waals surface area (Å²) < 4.78 is 28.4. The van der Waals surface area contributed by atoms with Crippen LogP contribution in [0.15, 0.2) is 77.7 Å². The van der Waals surface area contributed by atoms with Gasteiger partial charge in [0, 0.05) is 51.9 Å². The molecule has 0 unspecified atom stereocenters. The van der Waals surface area contributed by atoms with Gasteiger partial charge in [-0.05, 0) is 60.5 Å². The molecule has 0 radical (unpaired) electrons. The molecule has 8 nitrogen and oxygen atoms in total. The van der Waals surface area contributed by atoms with E-state index in [2.05, 4.69) is 40.2 Å². The fraction of sp³-hybridized carbons (Fsp3) is 0.310. The highest BCUT2D eigenvalue weighted by Crippen LogP contribution is 2.30. The van der Waals surface area contributed by atoms with Crippen molar-refractivity contribution in [1.82, 2.24) is 15.2 Å². The van der Waals surface area contributed by atoms with Gasteiger partial charge in [-0.2, -0.15) is 0 Å². The fourth-order valence-electron chi connectivity index (χ4n) is 4.62. The number of fused-ring (bicyclic) bond motifs is 1. The van der Waals surface area contributed by atoms with Crippen LogP contribution in [0.4, 0.5) is 10.8 Å². The SMILES string of the molecule is CCc1ccc2nc(N3CCN(CCNC(=O)c4ccc(S(=O)(=O)N(C)c5ccccc5)cc4)CC3)sc2c1.Cl. The molecule has 212 valence electrons. The number of carbonyl (C=O) groups excluding carboxylic acids is 1. The maximum atomic E-state index is 13.0. The molecule has 2 heterocycles. The lowest BCUT2D eigenvalue weighted by Gasteiger charge is -2.34. The predicted molar refractivity (Wildman–Crippen MR) is 166 cm³/mol. The topological polar surface area (TPSA) is 85.9 Å². The van der Waals surface area contributed by atoms with Gasteiger partial charge in [0.1, 0.15) is 0 Å². The summed E-state index contributed by atoms with van der Waals surface area (Å²) in [6.45, 7) is 7.08. The van der Waals surface area contributed by atoms with Gasteiger partial charge in [0.05, 0.1) is 20.8 Å². The second-order valence-corrected chi connectivity index (χ2v) is 12.5. The minimum atomic E-state index is -3.71. The van der Waals surface area contributed by atoms with Crippen molar-refractivity contribution < 1.29 is 13.2 Å². The zero-order valence-electron chi connectivity index (χ0n) is 22.6. The molecule has 5 rings (SSSR count). The average Bonchev–Trinajstić information content (AvgIpc) is 3.41. The lowest BCUT2D eigenvalue weighted by molar-refractivity contribution is 0.0947. The molecule has 0 atom stereocenters. The third-order valence-corrected chi connectivity index (χ3v) is 9.98. The number of rotatable bonds is 9. The maximum absolute atomic E-state index is 13.0. The van der Waals surface area contributed by atoms with Gasteiger partial charge in [-0.1, -0.05) is 42.5 Å². The van der Waals surface area contributed by atoms with Crippen LogP contribution in [0.2, 0.25) is 0 Å². The number of hydrogen-bond donors (Lipinski definition) is 1. The van der Waals surface area contributed by atoms with Crippen LogP contribution < -0.4 is 14.5 Å². The van der Waals surface area contributed by atoms with Crippen LogP contribution in [-0.4, -0.2) is 70.5 Å². The number of benzene rings is 3. The van der Waals surface area contributed by atoms with Crippen molar-refractivity contribution in [1.29, 1.82) is 0 Å². The normalized spacial score (nSPS) is 14.1. The Morgan fingerprint density at radius 3 is 2.38 bits per heavy atom. The van der Waals surface area contributed by atoms with Crippen LogP contribution in [0, 0.1) is 0 Å². The molecule has 1 saturated heterocycles. The number of piperazine rings is 1. The summed E-state index contributed by atoms with van der Waals surface area (Å²) in [5.41, 5.74) is 3.40. The largest absolute Gasteiger partial charge is 0.351 e. The Bertz CT molecular complexity index is 1540. The second-order valence-electron chi connectivity index (χ2n) is 9.57. The predicted octanol–water partition coefficient (Wildman–Crippen LogP) is 4.66. The number of halogens is 1. The van der Waals surface area contributed by atoms with Gasteiger partial charge >= 0.3 is 0 Å². The van der Waals surface area contributed by atoms with Gasteiger partial charge in [-0.15, -0.1) is 12.4 Å². The number of aromatic nitrogens is 1. The number of carbonyl (C=O) groups is 1. The van der Waals surface area contributed by atoms with Crippen LogP contribution in [0.5, 0.6) is 0 Å². The first kappa shape index (κ1) is 29.8. The van der Waals surface area contributed by atoms with Crippen LogP contribution in [0.3, 0.4) is 0 Å². The Hall–Kier alpha value is -3.18. The number of hydrogen-bond acceptors (Lipinski definition) is 7. The third-order valence-electron chi connectivity index (χ3n) is 7.10. The molecule has 1 aliphatic rings. The maximum Gasteiger partial charge on any atom is 0.264 e. The highest BCUT2D eigenvalue weighted by molar-refractivity contribution is 7.92. The van der Waals surface area contributed by atoms with E-state index in [0.717, 1.165) is 49.8 Å². The standard InChI is InChI=1S/C29H33N5O3S2.ClH/c1-3-22-9-14-26-27(21-22)38-29(31-26)34-19-17-33(18-20-34)16-15-30-28(35)23-10-12-25(13-11-23)39(36,37)32(2)24-7-5-4-6-8-24;/h4-14,21H,3,15-20H2,1-2H3,(H,30,35);1H. The van der Waals surface area contributed by atoms with Crippen LogP contribution in [0.1, 0.15) is 22.8 Å². The number of sulfonamides is 1. The number of aryl methyl sites for hydroxylation is 1. The van der Waals surface area contributed by atoms with E-state index < -0.39 is 10.0 Å². The Kier molecular flexibility index (Phi) is 9.68. The second kappa shape index (κ2) is 13.0. The van der Waals surface area contributed by atoms with Crippen molar-refractivity contribution in [2.45, 2.75) is 18.2 Å². The van der Waals surface area contributed by atoms with Crippen LogP contribution in [0.25, 0.3) is 10.2 Å². The van der Waals surface area contributed by atoms with Crippen molar-refractivity contribution in [2.75, 3.05) is 55.5 Å². The first-order chi connectivity index (χ1) is 18.8. The average molecular weight is 600 g/mol. The number of thiazole rings is 1. The Morgan fingerprint density at radius 2 is 1.70 bits per heavy atom. The molecule has 0 bridgehead atoms. The van der Waals surface area contributed by atoms with E-state index in [1.807, 2.05) is 6.07 Å². The van der Waals surface area contributed by atoms with Crippen molar-refractivity contribution >= 4 is 60.7 Å². The molecule has 0 aliphatic carbocycles. The third kappa shape index (κ3) is 6.58. The van der Waals surface area contributed by atoms with Crippen molar-refractivity contribution in [3.8, 4) is 0 Å². The number of amides is 1. The minimum absolute atomic E-state index is 0. The Morgan fingerprint density at radius 1 is 1.00 bits per heavy atom. The van der Waals surface area contributed by atoms with E-state index in [0.29, 0.717) is 17.8 Å². The summed E-state index contributed by atoms with van der Waals surface area (Å²) in [7, 11) is -2.19. The molecule has 11 heteroatoms. The summed E-state index contributed by atoms with van der Waals surface area (Å²) in [6.07, 6.45) is 1.03. The van der Waals surface area contributed by atoms with Gasteiger partial charge in [-0.25, -0.2) is 13.4 Å². The summed E-state index contributed by atoms with van der Waals surface area (Å²) >= 11 is 1.76. The van der Waals surface area contributed by atoms with E-state index in [-0.39, 0.29) is 23.2 Å². The summed E-state index contributed by atoms with van der Waals surface area (Å²) in [6, 6.07) is 21.5. The van der Waals surface area contributed by atoms with E-state index in [9.17, 15) is 13.2 Å². The first-order valence-corrected chi connectivity index (χ1v) is 15.4. The molecule has 1 N–H and O–H groups in total. The molecule has 1 aromatic heterocycles. The number of nitrogens with one attached hydrogen (secondary N) is 1. The van der Waals surface area contributed by atoms with E-state index in [1.54, 1.807) is 47.7 Å². The molecule has 40 heavy (non-hydrogen) atoms. The fourth-order valence-corrected chi connectivity index (χ4v) is 6.89. The molecule has 3 aromatic carbocycles. The minimum Gasteiger partial charge on any atom is -0.351 e. The zero-order chi connectivity index (χ0) is 27.4. The quantitative estimate of drug-likeness (QED) is 0.301. The smallest absolute Gasteiger partial charge is 0.264 e. The lowest BCUT2D eigenvalue weighted by Crippen LogP contribution is -2.48. The zero-order valence-corrected chi connectivity index (χ0v) is 25.1. The molecule has 1 aliphatic heterocycles. The van der Waals surface area contributed by atoms with Crippen molar-refractivity contribution in [3.63, 3.8) is 0 Å². The molecular formula is C29H34ClN5O3S2. The van der Waals surface area contributed by atoms with Gasteiger partial charge in [0.25, 0.3) is 15.9 Å². The molecule has 1 amide bonds. The van der Waals surface area contributed by atoms with Gasteiger partial charge in [-0.3, -0.25) is 14.0 Å². The number of nitrogens with zero attached hydrogens (tertiary/aromatic N) is 4. The molecular weight excluding hydrogens is 566 g/mol. The highest BCUT2D eigenvalue weighted by atomic mass is 35.5. The molecule has 4 aromatic rings. The van der Waals surface area contributed by atoms with Crippen molar-refractivity contribution in [3.05, 3.63) is 83.9 Å².